The number of unbranched alkanes of at least 4 members (excludes halogenated alkanes) is 15. The molecule has 0 spiro atoms. The van der Waals surface area contributed by atoms with Crippen LogP contribution in [0.25, 0.3) is 0 Å². The van der Waals surface area contributed by atoms with Crippen molar-refractivity contribution in [2.75, 3.05) is 19.8 Å². The minimum Gasteiger partial charge on any atom is -0.387 e. The molecule has 0 aromatic rings. The lowest BCUT2D eigenvalue weighted by molar-refractivity contribution is -0.123. The van der Waals surface area contributed by atoms with Crippen LogP contribution in [0.3, 0.4) is 0 Å². The van der Waals surface area contributed by atoms with Gasteiger partial charge >= 0.3 is 7.82 Å². The van der Waals surface area contributed by atoms with E-state index in [4.69, 9.17) is 14.8 Å². The van der Waals surface area contributed by atoms with Crippen LogP contribution in [-0.2, 0) is 18.4 Å². The van der Waals surface area contributed by atoms with Crippen LogP contribution in [0.1, 0.15) is 162 Å². The Kier molecular flexibility index (Phi) is 37.1. The molecule has 0 aromatic carbocycles. The molecule has 0 saturated heterocycles. The van der Waals surface area contributed by atoms with E-state index in [0.29, 0.717) is 12.8 Å². The quantitative estimate of drug-likeness (QED) is 0.0282. The zero-order valence-corrected chi connectivity index (χ0v) is 33.9. The molecular formula is C43H77N2O6P. The van der Waals surface area contributed by atoms with E-state index in [1.54, 1.807) is 6.08 Å². The van der Waals surface area contributed by atoms with Crippen molar-refractivity contribution in [1.29, 1.82) is 0 Å². The van der Waals surface area contributed by atoms with Gasteiger partial charge in [0.1, 0.15) is 0 Å². The lowest BCUT2D eigenvalue weighted by Crippen LogP contribution is -2.45. The molecule has 0 saturated carbocycles. The van der Waals surface area contributed by atoms with Gasteiger partial charge in [0.25, 0.3) is 0 Å². The van der Waals surface area contributed by atoms with Crippen LogP contribution < -0.4 is 11.1 Å². The highest BCUT2D eigenvalue weighted by Crippen LogP contribution is 2.43. The van der Waals surface area contributed by atoms with Gasteiger partial charge in [-0.15, -0.1) is 0 Å². The fourth-order valence-corrected chi connectivity index (χ4v) is 6.17. The number of nitrogens with one attached hydrogen (secondary N) is 1. The first-order valence-electron chi connectivity index (χ1n) is 20.6. The summed E-state index contributed by atoms with van der Waals surface area (Å²) < 4.78 is 22.0. The second-order valence-electron chi connectivity index (χ2n) is 13.4. The number of aliphatic hydroxyl groups excluding tert-OH is 1. The summed E-state index contributed by atoms with van der Waals surface area (Å²) in [6, 6.07) is -0.901. The van der Waals surface area contributed by atoms with E-state index in [2.05, 4.69) is 79.9 Å². The molecule has 3 atom stereocenters. The number of hydrogen-bond donors (Lipinski definition) is 4. The largest absolute Gasteiger partial charge is 0.472 e. The summed E-state index contributed by atoms with van der Waals surface area (Å²) in [6.07, 6.45) is 49.6. The summed E-state index contributed by atoms with van der Waals surface area (Å²) in [6.45, 7) is 3.94. The maximum atomic E-state index is 12.7. The Morgan fingerprint density at radius 2 is 1.13 bits per heavy atom. The molecule has 0 aromatic heterocycles. The molecule has 3 unspecified atom stereocenters. The van der Waals surface area contributed by atoms with Gasteiger partial charge in [-0.05, 0) is 77.0 Å². The Morgan fingerprint density at radius 3 is 1.71 bits per heavy atom. The van der Waals surface area contributed by atoms with Crippen molar-refractivity contribution in [3.63, 3.8) is 0 Å². The van der Waals surface area contributed by atoms with E-state index >= 15 is 0 Å². The Hall–Kier alpha value is -2.06. The van der Waals surface area contributed by atoms with Crippen LogP contribution in [-0.4, -0.2) is 47.8 Å². The Labute approximate surface area is 318 Å². The fourth-order valence-electron chi connectivity index (χ4n) is 5.41. The first kappa shape index (κ1) is 49.9. The number of carbonyl (C=O) groups excluding carboxylic acids is 1. The second kappa shape index (κ2) is 38.7. The number of rotatable bonds is 37. The monoisotopic (exact) mass is 749 g/mol. The Balaban J connectivity index is 4.38. The van der Waals surface area contributed by atoms with Gasteiger partial charge < -0.3 is 21.1 Å². The summed E-state index contributed by atoms with van der Waals surface area (Å²) in [7, 11) is -4.36. The molecular weight excluding hydrogens is 671 g/mol. The minimum absolute atomic E-state index is 0.0633. The van der Waals surface area contributed by atoms with Crippen molar-refractivity contribution in [3.05, 3.63) is 72.9 Å². The highest BCUT2D eigenvalue weighted by Gasteiger charge is 2.26. The van der Waals surface area contributed by atoms with E-state index < -0.39 is 20.0 Å². The lowest BCUT2D eigenvalue weighted by Gasteiger charge is -2.23. The fraction of sp³-hybridized carbons (Fsp3) is 0.698. The number of carbonyl (C=O) groups is 1. The summed E-state index contributed by atoms with van der Waals surface area (Å²) in [5.41, 5.74) is 5.36. The number of amides is 1. The zero-order valence-electron chi connectivity index (χ0n) is 33.0. The maximum absolute atomic E-state index is 12.7. The molecule has 0 bridgehead atoms. The number of allylic oxidation sites excluding steroid dienone is 11. The summed E-state index contributed by atoms with van der Waals surface area (Å²) in [5, 5.41) is 13.6. The number of hydrogen-bond acceptors (Lipinski definition) is 6. The highest BCUT2D eigenvalue weighted by atomic mass is 31.2. The molecule has 0 heterocycles. The lowest BCUT2D eigenvalue weighted by atomic mass is 10.1. The number of aliphatic hydroxyl groups is 1. The number of nitrogens with two attached hydrogens (primary N) is 1. The predicted molar refractivity (Wildman–Crippen MR) is 221 cm³/mol. The van der Waals surface area contributed by atoms with Gasteiger partial charge in [0.05, 0.1) is 25.4 Å². The third kappa shape index (κ3) is 36.3. The van der Waals surface area contributed by atoms with Gasteiger partial charge in [-0.25, -0.2) is 4.57 Å². The van der Waals surface area contributed by atoms with Crippen LogP contribution in [0, 0.1) is 0 Å². The Bertz CT molecular complexity index is 1040. The van der Waals surface area contributed by atoms with Crippen LogP contribution in [0.5, 0.6) is 0 Å². The molecule has 8 nitrogen and oxygen atoms in total. The highest BCUT2D eigenvalue weighted by molar-refractivity contribution is 7.47. The molecule has 5 N–H and O–H groups in total. The Morgan fingerprint density at radius 1 is 0.654 bits per heavy atom. The zero-order chi connectivity index (χ0) is 38.2. The second-order valence-corrected chi connectivity index (χ2v) is 14.9. The standard InChI is InChI=1S/C43H77N2O6P/c1-3-5-7-9-11-13-15-17-18-19-20-21-22-23-25-26-28-30-32-34-36-42(46)41(40-51-52(48,49)50-39-38-44)45-43(47)37-35-33-31-29-27-24-16-14-12-10-8-6-4-2/h6,8,12,14,21-22,24,26-28,34,36,41-42,46H,3-5,7,9-11,13,15-20,23,25,29-33,35,37-40,44H2,1-2H3,(H,45,47)(H,48,49)/b8-6-,14-12-,22-21+,27-24-,28-26+,36-34+. The van der Waals surface area contributed by atoms with Crippen LogP contribution in [0.4, 0.5) is 0 Å². The van der Waals surface area contributed by atoms with E-state index in [1.165, 1.54) is 70.6 Å². The molecule has 1 amide bonds. The average Bonchev–Trinajstić information content (AvgIpc) is 3.13. The van der Waals surface area contributed by atoms with Crippen molar-refractivity contribution in [2.45, 2.75) is 174 Å². The molecule has 0 radical (unpaired) electrons. The normalized spacial score (nSPS) is 14.9. The molecule has 9 heteroatoms. The molecule has 0 aliphatic heterocycles. The van der Waals surface area contributed by atoms with Crippen LogP contribution >= 0.6 is 7.82 Å². The summed E-state index contributed by atoms with van der Waals surface area (Å²) in [4.78, 5) is 22.6. The van der Waals surface area contributed by atoms with E-state index in [9.17, 15) is 19.4 Å². The molecule has 300 valence electrons. The van der Waals surface area contributed by atoms with Crippen molar-refractivity contribution in [2.24, 2.45) is 5.73 Å². The molecule has 0 aliphatic rings. The molecule has 0 fully saturated rings. The van der Waals surface area contributed by atoms with Crippen LogP contribution in [0.15, 0.2) is 72.9 Å². The maximum Gasteiger partial charge on any atom is 0.472 e. The summed E-state index contributed by atoms with van der Waals surface area (Å²) >= 11 is 0. The minimum atomic E-state index is -4.36. The molecule has 52 heavy (non-hydrogen) atoms. The average molecular weight is 749 g/mol. The van der Waals surface area contributed by atoms with Crippen molar-refractivity contribution >= 4 is 13.7 Å². The third-order valence-corrected chi connectivity index (χ3v) is 9.48. The van der Waals surface area contributed by atoms with E-state index in [1.807, 2.05) is 6.08 Å². The van der Waals surface area contributed by atoms with Crippen molar-refractivity contribution in [3.8, 4) is 0 Å². The number of phosphoric ester groups is 1. The van der Waals surface area contributed by atoms with Gasteiger partial charge in [0.2, 0.25) is 5.91 Å². The van der Waals surface area contributed by atoms with Gasteiger partial charge in [-0.3, -0.25) is 13.8 Å². The van der Waals surface area contributed by atoms with Gasteiger partial charge in [0, 0.05) is 13.0 Å². The van der Waals surface area contributed by atoms with Gasteiger partial charge in [0.15, 0.2) is 0 Å². The van der Waals surface area contributed by atoms with E-state index in [0.717, 1.165) is 64.2 Å². The van der Waals surface area contributed by atoms with Gasteiger partial charge in [-0.1, -0.05) is 151 Å². The van der Waals surface area contributed by atoms with Crippen LogP contribution in [0.2, 0.25) is 0 Å². The topological polar surface area (TPSA) is 131 Å². The molecule has 0 aliphatic carbocycles. The van der Waals surface area contributed by atoms with Gasteiger partial charge in [-0.2, -0.15) is 0 Å². The van der Waals surface area contributed by atoms with Crippen molar-refractivity contribution < 1.29 is 28.4 Å². The summed E-state index contributed by atoms with van der Waals surface area (Å²) in [5.74, 6) is -0.241. The first-order valence-corrected chi connectivity index (χ1v) is 22.1. The molecule has 0 rings (SSSR count). The van der Waals surface area contributed by atoms with E-state index in [-0.39, 0.29) is 25.7 Å². The SMILES string of the molecule is CC/C=C\C/C=C\C/C=C\CCCCCC(=O)NC(COP(=O)(O)OCCN)C(O)/C=C/CC/C=C/CC/C=C/CCCCCCCCCCCC. The number of phosphoric acid groups is 1. The first-order chi connectivity index (χ1) is 25.4. The third-order valence-electron chi connectivity index (χ3n) is 8.49. The van der Waals surface area contributed by atoms with Crippen molar-refractivity contribution in [1.82, 2.24) is 5.32 Å². The predicted octanol–water partition coefficient (Wildman–Crippen LogP) is 11.3. The smallest absolute Gasteiger partial charge is 0.387 e.